The zero-order valence-corrected chi connectivity index (χ0v) is 16.9. The lowest BCUT2D eigenvalue weighted by Crippen LogP contribution is -2.56. The van der Waals surface area contributed by atoms with E-state index in [1.807, 2.05) is 0 Å². The van der Waals surface area contributed by atoms with Crippen molar-refractivity contribution in [2.75, 3.05) is 20.6 Å². The zero-order chi connectivity index (χ0) is 15.9. The molecule has 0 aromatic carbocycles. The number of rotatable bonds is 4. The van der Waals surface area contributed by atoms with Crippen molar-refractivity contribution in [3.63, 3.8) is 0 Å². The molecule has 0 spiro atoms. The van der Waals surface area contributed by atoms with Gasteiger partial charge in [0.25, 0.3) is 0 Å². The first kappa shape index (κ1) is 22.0. The highest BCUT2D eigenvalue weighted by Gasteiger charge is 2.49. The number of fused-ring (bicyclic) bond motifs is 2. The summed E-state index contributed by atoms with van der Waals surface area (Å²) in [5.74, 6) is 2.18. The molecule has 6 heteroatoms. The van der Waals surface area contributed by atoms with Gasteiger partial charge in [0.15, 0.2) is 0 Å². The van der Waals surface area contributed by atoms with Gasteiger partial charge in [-0.05, 0) is 64.0 Å². The molecule has 0 radical (unpaired) electrons. The summed E-state index contributed by atoms with van der Waals surface area (Å²) in [5, 5.41) is 3.29. The Hall–Kier alpha value is -0.0300. The molecule has 3 N–H and O–H groups in total. The van der Waals surface area contributed by atoms with Crippen LogP contribution in [0.5, 0.6) is 0 Å². The second kappa shape index (κ2) is 8.57. The van der Waals surface area contributed by atoms with Crippen LogP contribution in [0, 0.1) is 23.7 Å². The second-order valence-electron chi connectivity index (χ2n) is 8.47. The molecule has 142 valence electrons. The van der Waals surface area contributed by atoms with Crippen molar-refractivity contribution in [3.05, 3.63) is 0 Å². The Morgan fingerprint density at radius 1 is 1.21 bits per heavy atom. The standard InChI is InChI=1S/C18H33N3O.2ClH/c1-12-5-4-8-18(10-12,21(2)3)11-20-17(22)15-13-6-7-14(9-13)16(15)19;;/h12-16H,4-11,19H2,1-3H3,(H,20,22);2*1H. The first-order chi connectivity index (χ1) is 10.4. The number of halogens is 2. The number of nitrogens with one attached hydrogen (secondary N) is 1. The Bertz CT molecular complexity index is 432. The van der Waals surface area contributed by atoms with Crippen molar-refractivity contribution in [2.24, 2.45) is 29.4 Å². The van der Waals surface area contributed by atoms with Gasteiger partial charge in [-0.15, -0.1) is 24.8 Å². The number of nitrogens with two attached hydrogens (primary N) is 1. The maximum absolute atomic E-state index is 12.7. The summed E-state index contributed by atoms with van der Waals surface area (Å²) < 4.78 is 0. The quantitative estimate of drug-likeness (QED) is 0.789. The van der Waals surface area contributed by atoms with E-state index in [9.17, 15) is 4.79 Å². The summed E-state index contributed by atoms with van der Waals surface area (Å²) in [4.78, 5) is 15.1. The van der Waals surface area contributed by atoms with E-state index in [1.165, 1.54) is 44.9 Å². The Labute approximate surface area is 159 Å². The predicted octanol–water partition coefficient (Wildman–Crippen LogP) is 2.83. The van der Waals surface area contributed by atoms with Crippen molar-refractivity contribution < 1.29 is 4.79 Å². The molecule has 0 aliphatic heterocycles. The van der Waals surface area contributed by atoms with E-state index in [-0.39, 0.29) is 48.2 Å². The number of hydrogen-bond donors (Lipinski definition) is 2. The molecule has 2 bridgehead atoms. The van der Waals surface area contributed by atoms with E-state index < -0.39 is 0 Å². The van der Waals surface area contributed by atoms with Crippen LogP contribution in [-0.2, 0) is 4.79 Å². The third-order valence-corrected chi connectivity index (χ3v) is 6.89. The fraction of sp³-hybridized carbons (Fsp3) is 0.944. The molecular weight excluding hydrogens is 345 g/mol. The van der Waals surface area contributed by atoms with Gasteiger partial charge in [0.2, 0.25) is 5.91 Å². The number of carbonyl (C=O) groups excluding carboxylic acids is 1. The summed E-state index contributed by atoms with van der Waals surface area (Å²) in [5.41, 5.74) is 6.45. The number of likely N-dealkylation sites (N-methyl/N-ethyl adjacent to an activating group) is 1. The predicted molar refractivity (Wildman–Crippen MR) is 104 cm³/mol. The average Bonchev–Trinajstić information content (AvgIpc) is 3.05. The molecule has 3 saturated carbocycles. The van der Waals surface area contributed by atoms with Crippen LogP contribution in [0.15, 0.2) is 0 Å². The average molecular weight is 380 g/mol. The lowest BCUT2D eigenvalue weighted by molar-refractivity contribution is -0.127. The van der Waals surface area contributed by atoms with E-state index in [0.717, 1.165) is 12.5 Å². The van der Waals surface area contributed by atoms with Crippen molar-refractivity contribution in [1.82, 2.24) is 10.2 Å². The van der Waals surface area contributed by atoms with E-state index in [4.69, 9.17) is 5.73 Å². The molecule has 6 atom stereocenters. The van der Waals surface area contributed by atoms with Crippen LogP contribution in [0.2, 0.25) is 0 Å². The Morgan fingerprint density at radius 3 is 2.42 bits per heavy atom. The molecule has 3 aliphatic rings. The maximum Gasteiger partial charge on any atom is 0.225 e. The molecule has 3 fully saturated rings. The van der Waals surface area contributed by atoms with Crippen molar-refractivity contribution in [3.8, 4) is 0 Å². The smallest absolute Gasteiger partial charge is 0.225 e. The molecule has 0 aromatic rings. The van der Waals surface area contributed by atoms with Crippen molar-refractivity contribution in [2.45, 2.75) is 63.5 Å². The largest absolute Gasteiger partial charge is 0.354 e. The fourth-order valence-electron chi connectivity index (χ4n) is 5.45. The maximum atomic E-state index is 12.7. The lowest BCUT2D eigenvalue weighted by atomic mass is 9.75. The third-order valence-electron chi connectivity index (χ3n) is 6.89. The summed E-state index contributed by atoms with van der Waals surface area (Å²) in [6.07, 6.45) is 8.57. The van der Waals surface area contributed by atoms with Crippen LogP contribution in [0.3, 0.4) is 0 Å². The van der Waals surface area contributed by atoms with Gasteiger partial charge in [-0.1, -0.05) is 19.8 Å². The number of hydrogen-bond acceptors (Lipinski definition) is 3. The fourth-order valence-corrected chi connectivity index (χ4v) is 5.45. The Balaban J connectivity index is 0.00000144. The van der Waals surface area contributed by atoms with Crippen LogP contribution < -0.4 is 11.1 Å². The summed E-state index contributed by atoms with van der Waals surface area (Å²) in [6.45, 7) is 3.12. The van der Waals surface area contributed by atoms with Gasteiger partial charge in [-0.25, -0.2) is 0 Å². The van der Waals surface area contributed by atoms with E-state index in [0.29, 0.717) is 11.8 Å². The minimum Gasteiger partial charge on any atom is -0.354 e. The van der Waals surface area contributed by atoms with Crippen LogP contribution in [0.25, 0.3) is 0 Å². The molecule has 0 heterocycles. The van der Waals surface area contributed by atoms with Gasteiger partial charge >= 0.3 is 0 Å². The van der Waals surface area contributed by atoms with E-state index >= 15 is 0 Å². The minimum atomic E-state index is 0. The third kappa shape index (κ3) is 4.03. The molecule has 1 amide bonds. The molecule has 6 unspecified atom stereocenters. The number of carbonyl (C=O) groups is 1. The van der Waals surface area contributed by atoms with Gasteiger partial charge < -0.3 is 16.0 Å². The van der Waals surface area contributed by atoms with Crippen LogP contribution in [-0.4, -0.2) is 43.0 Å². The molecule has 24 heavy (non-hydrogen) atoms. The van der Waals surface area contributed by atoms with Crippen LogP contribution >= 0.6 is 24.8 Å². The molecule has 3 aliphatic carbocycles. The lowest BCUT2D eigenvalue weighted by Gasteiger charge is -2.45. The summed E-state index contributed by atoms with van der Waals surface area (Å²) in [6, 6.07) is 0.0966. The zero-order valence-electron chi connectivity index (χ0n) is 15.3. The molecule has 3 rings (SSSR count). The SMILES string of the molecule is CC1CCCC(CNC(=O)C2C3CCC(C3)C2N)(N(C)C)C1.Cl.Cl. The second-order valence-corrected chi connectivity index (χ2v) is 8.47. The minimum absolute atomic E-state index is 0. The molecular formula is C18H35Cl2N3O. The van der Waals surface area contributed by atoms with Crippen LogP contribution in [0.1, 0.15) is 51.9 Å². The molecule has 0 saturated heterocycles. The summed E-state index contributed by atoms with van der Waals surface area (Å²) >= 11 is 0. The highest BCUT2D eigenvalue weighted by molar-refractivity contribution is 5.85. The van der Waals surface area contributed by atoms with Gasteiger partial charge in [0.05, 0.1) is 5.92 Å². The topological polar surface area (TPSA) is 58.4 Å². The van der Waals surface area contributed by atoms with Crippen molar-refractivity contribution in [1.29, 1.82) is 0 Å². The highest BCUT2D eigenvalue weighted by atomic mass is 35.5. The molecule has 0 aromatic heterocycles. The van der Waals surface area contributed by atoms with E-state index in [1.54, 1.807) is 0 Å². The number of amides is 1. The first-order valence-corrected chi connectivity index (χ1v) is 9.14. The molecule has 4 nitrogen and oxygen atoms in total. The van der Waals surface area contributed by atoms with Gasteiger partial charge in [0, 0.05) is 18.1 Å². The highest BCUT2D eigenvalue weighted by Crippen LogP contribution is 2.47. The monoisotopic (exact) mass is 379 g/mol. The van der Waals surface area contributed by atoms with E-state index in [2.05, 4.69) is 31.2 Å². The van der Waals surface area contributed by atoms with Gasteiger partial charge in [-0.2, -0.15) is 0 Å². The first-order valence-electron chi connectivity index (χ1n) is 9.14. The van der Waals surface area contributed by atoms with Gasteiger partial charge in [0.1, 0.15) is 0 Å². The Kier molecular flexibility index (Phi) is 7.86. The van der Waals surface area contributed by atoms with Crippen molar-refractivity contribution >= 4 is 30.7 Å². The van der Waals surface area contributed by atoms with Gasteiger partial charge in [-0.3, -0.25) is 4.79 Å². The summed E-state index contributed by atoms with van der Waals surface area (Å²) in [7, 11) is 4.32. The number of nitrogens with zero attached hydrogens (tertiary/aromatic N) is 1. The van der Waals surface area contributed by atoms with Crippen LogP contribution in [0.4, 0.5) is 0 Å². The Morgan fingerprint density at radius 2 is 1.88 bits per heavy atom. The normalized spacial score (nSPS) is 40.8.